The second kappa shape index (κ2) is 3.90. The standard InChI is InChI=1S/C7H10N2O2/c8-11-6-5-9-4-2-1-3-7(9)10/h1-4H,5-6,8H2. The number of nitrogens with zero attached hydrogens (tertiary/aromatic N) is 1. The van der Waals surface area contributed by atoms with Crippen molar-refractivity contribution in [1.82, 2.24) is 4.57 Å². The van der Waals surface area contributed by atoms with Crippen LogP contribution in [0, 0.1) is 0 Å². The predicted molar refractivity (Wildman–Crippen MR) is 40.8 cm³/mol. The molecule has 0 aliphatic carbocycles. The average molecular weight is 154 g/mol. The van der Waals surface area contributed by atoms with Crippen molar-refractivity contribution in [2.45, 2.75) is 6.54 Å². The molecule has 4 heteroatoms. The van der Waals surface area contributed by atoms with Gasteiger partial charge in [0.2, 0.25) is 0 Å². The molecule has 1 rings (SSSR count). The number of nitrogens with two attached hydrogens (primary N) is 1. The quantitative estimate of drug-likeness (QED) is 0.610. The molecule has 0 aliphatic heterocycles. The fourth-order valence-electron chi connectivity index (χ4n) is 0.796. The van der Waals surface area contributed by atoms with Gasteiger partial charge in [-0.05, 0) is 6.07 Å². The van der Waals surface area contributed by atoms with Gasteiger partial charge < -0.3 is 9.40 Å². The molecular weight excluding hydrogens is 144 g/mol. The molecule has 0 fully saturated rings. The second-order valence-corrected chi connectivity index (χ2v) is 2.10. The Balaban J connectivity index is 2.70. The van der Waals surface area contributed by atoms with Crippen LogP contribution in [0.5, 0.6) is 0 Å². The molecule has 0 unspecified atom stereocenters. The maximum atomic E-state index is 11.0. The fourth-order valence-corrected chi connectivity index (χ4v) is 0.796. The molecule has 1 heterocycles. The Hall–Kier alpha value is -1.13. The first-order valence-electron chi connectivity index (χ1n) is 3.32. The first-order valence-corrected chi connectivity index (χ1v) is 3.32. The van der Waals surface area contributed by atoms with Crippen molar-refractivity contribution in [2.24, 2.45) is 5.90 Å². The minimum absolute atomic E-state index is 0.0375. The summed E-state index contributed by atoms with van der Waals surface area (Å²) >= 11 is 0. The summed E-state index contributed by atoms with van der Waals surface area (Å²) in [4.78, 5) is 15.3. The first kappa shape index (κ1) is 7.97. The van der Waals surface area contributed by atoms with Crippen molar-refractivity contribution in [3.05, 3.63) is 34.7 Å². The highest BCUT2D eigenvalue weighted by Crippen LogP contribution is 1.80. The van der Waals surface area contributed by atoms with E-state index in [0.717, 1.165) is 0 Å². The highest BCUT2D eigenvalue weighted by atomic mass is 16.6. The minimum atomic E-state index is -0.0375. The first-order chi connectivity index (χ1) is 5.34. The Labute approximate surface area is 64.2 Å². The minimum Gasteiger partial charge on any atom is -0.313 e. The third-order valence-electron chi connectivity index (χ3n) is 1.35. The zero-order chi connectivity index (χ0) is 8.10. The molecule has 60 valence electrons. The summed E-state index contributed by atoms with van der Waals surface area (Å²) in [5, 5.41) is 0. The van der Waals surface area contributed by atoms with Crippen molar-refractivity contribution in [1.29, 1.82) is 0 Å². The Morgan fingerprint density at radius 3 is 3.00 bits per heavy atom. The summed E-state index contributed by atoms with van der Waals surface area (Å²) < 4.78 is 1.53. The van der Waals surface area contributed by atoms with Crippen molar-refractivity contribution < 1.29 is 4.84 Å². The van der Waals surface area contributed by atoms with Crippen LogP contribution in [-0.2, 0) is 11.4 Å². The van der Waals surface area contributed by atoms with Crippen LogP contribution < -0.4 is 11.5 Å². The summed E-state index contributed by atoms with van der Waals surface area (Å²) in [6, 6.07) is 4.98. The van der Waals surface area contributed by atoms with Crippen LogP contribution in [-0.4, -0.2) is 11.2 Å². The third kappa shape index (κ3) is 2.18. The molecule has 0 aromatic carbocycles. The van der Waals surface area contributed by atoms with E-state index in [1.54, 1.807) is 18.3 Å². The van der Waals surface area contributed by atoms with Gasteiger partial charge in [-0.3, -0.25) is 4.79 Å². The van der Waals surface area contributed by atoms with Crippen LogP contribution >= 0.6 is 0 Å². The molecule has 2 N–H and O–H groups in total. The van der Waals surface area contributed by atoms with Gasteiger partial charge in [-0.1, -0.05) is 6.07 Å². The lowest BCUT2D eigenvalue weighted by atomic mass is 10.5. The highest BCUT2D eigenvalue weighted by molar-refractivity contribution is 4.92. The van der Waals surface area contributed by atoms with Crippen LogP contribution in [0.15, 0.2) is 29.2 Å². The molecule has 0 bridgehead atoms. The highest BCUT2D eigenvalue weighted by Gasteiger charge is 1.90. The van der Waals surface area contributed by atoms with Gasteiger partial charge in [0.05, 0.1) is 13.2 Å². The molecular formula is C7H10N2O2. The van der Waals surface area contributed by atoms with Gasteiger partial charge in [0.15, 0.2) is 0 Å². The third-order valence-corrected chi connectivity index (χ3v) is 1.35. The maximum absolute atomic E-state index is 11.0. The van der Waals surface area contributed by atoms with Gasteiger partial charge in [0, 0.05) is 12.3 Å². The van der Waals surface area contributed by atoms with E-state index in [9.17, 15) is 4.79 Å². The Bertz CT molecular complexity index is 269. The molecule has 4 nitrogen and oxygen atoms in total. The molecule has 1 aromatic heterocycles. The monoisotopic (exact) mass is 154 g/mol. The molecule has 0 spiro atoms. The predicted octanol–water partition coefficient (Wildman–Crippen LogP) is -0.261. The number of aromatic nitrogens is 1. The van der Waals surface area contributed by atoms with Gasteiger partial charge in [-0.15, -0.1) is 0 Å². The topological polar surface area (TPSA) is 57.2 Å². The molecule has 11 heavy (non-hydrogen) atoms. The zero-order valence-corrected chi connectivity index (χ0v) is 6.06. The molecule has 1 aromatic rings. The Morgan fingerprint density at radius 1 is 1.55 bits per heavy atom. The van der Waals surface area contributed by atoms with E-state index in [-0.39, 0.29) is 5.56 Å². The molecule has 0 amide bonds. The summed E-state index contributed by atoms with van der Waals surface area (Å²) in [5.41, 5.74) is -0.0375. The molecule has 0 aliphatic rings. The van der Waals surface area contributed by atoms with E-state index in [1.807, 2.05) is 0 Å². The van der Waals surface area contributed by atoms with Gasteiger partial charge in [0.1, 0.15) is 0 Å². The normalized spacial score (nSPS) is 9.91. The molecule has 0 saturated heterocycles. The summed E-state index contributed by atoms with van der Waals surface area (Å²) in [6.45, 7) is 0.847. The largest absolute Gasteiger partial charge is 0.313 e. The van der Waals surface area contributed by atoms with E-state index in [4.69, 9.17) is 5.90 Å². The average Bonchev–Trinajstić information content (AvgIpc) is 2.03. The number of hydrogen-bond donors (Lipinski definition) is 1. The second-order valence-electron chi connectivity index (χ2n) is 2.10. The van der Waals surface area contributed by atoms with Gasteiger partial charge in [-0.2, -0.15) is 0 Å². The summed E-state index contributed by atoms with van der Waals surface area (Å²) in [7, 11) is 0. The van der Waals surface area contributed by atoms with Gasteiger partial charge in [-0.25, -0.2) is 5.90 Å². The zero-order valence-electron chi connectivity index (χ0n) is 6.06. The summed E-state index contributed by atoms with van der Waals surface area (Å²) in [6.07, 6.45) is 1.70. The van der Waals surface area contributed by atoms with Crippen LogP contribution in [0.3, 0.4) is 0 Å². The molecule has 0 saturated carbocycles. The molecule has 0 atom stereocenters. The number of hydrogen-bond acceptors (Lipinski definition) is 3. The Kier molecular flexibility index (Phi) is 2.83. The van der Waals surface area contributed by atoms with Crippen LogP contribution in [0.2, 0.25) is 0 Å². The van der Waals surface area contributed by atoms with E-state index in [0.29, 0.717) is 13.2 Å². The maximum Gasteiger partial charge on any atom is 0.250 e. The van der Waals surface area contributed by atoms with E-state index >= 15 is 0 Å². The van der Waals surface area contributed by atoms with Crippen LogP contribution in [0.4, 0.5) is 0 Å². The summed E-state index contributed by atoms with van der Waals surface area (Å²) in [5.74, 6) is 4.81. The van der Waals surface area contributed by atoms with E-state index in [1.165, 1.54) is 10.6 Å². The Morgan fingerprint density at radius 2 is 2.36 bits per heavy atom. The van der Waals surface area contributed by atoms with Crippen LogP contribution in [0.1, 0.15) is 0 Å². The molecule has 0 radical (unpaired) electrons. The van der Waals surface area contributed by atoms with E-state index in [2.05, 4.69) is 4.84 Å². The lowest BCUT2D eigenvalue weighted by Gasteiger charge is -2.01. The lowest BCUT2D eigenvalue weighted by Crippen LogP contribution is -2.21. The van der Waals surface area contributed by atoms with Crippen molar-refractivity contribution in [2.75, 3.05) is 6.61 Å². The van der Waals surface area contributed by atoms with Crippen molar-refractivity contribution >= 4 is 0 Å². The SMILES string of the molecule is NOCCn1ccccc1=O. The van der Waals surface area contributed by atoms with E-state index < -0.39 is 0 Å². The number of pyridine rings is 1. The van der Waals surface area contributed by atoms with Crippen LogP contribution in [0.25, 0.3) is 0 Å². The lowest BCUT2D eigenvalue weighted by molar-refractivity contribution is 0.129. The van der Waals surface area contributed by atoms with Gasteiger partial charge >= 0.3 is 0 Å². The van der Waals surface area contributed by atoms with Crippen molar-refractivity contribution in [3.8, 4) is 0 Å². The smallest absolute Gasteiger partial charge is 0.250 e. The number of rotatable bonds is 3. The van der Waals surface area contributed by atoms with Crippen molar-refractivity contribution in [3.63, 3.8) is 0 Å². The fraction of sp³-hybridized carbons (Fsp3) is 0.286. The van der Waals surface area contributed by atoms with Gasteiger partial charge in [0.25, 0.3) is 5.56 Å².